The van der Waals surface area contributed by atoms with Crippen LogP contribution in [0.3, 0.4) is 0 Å². The third-order valence-electron chi connectivity index (χ3n) is 5.81. The highest BCUT2D eigenvalue weighted by Crippen LogP contribution is 2.30. The lowest BCUT2D eigenvalue weighted by Crippen LogP contribution is -2.07. The fourth-order valence-electron chi connectivity index (χ4n) is 3.86. The number of H-pyrrole nitrogens is 1. The molecule has 7 heteroatoms. The molecule has 7 nitrogen and oxygen atoms in total. The van der Waals surface area contributed by atoms with Crippen molar-refractivity contribution in [2.45, 2.75) is 27.7 Å². The molecule has 0 aliphatic heterocycles. The van der Waals surface area contributed by atoms with Crippen molar-refractivity contribution in [3.63, 3.8) is 0 Å². The van der Waals surface area contributed by atoms with Crippen molar-refractivity contribution in [2.24, 2.45) is 0 Å². The summed E-state index contributed by atoms with van der Waals surface area (Å²) in [5.74, 6) is 1.75. The number of fused-ring (bicyclic) bond motifs is 1. The van der Waals surface area contributed by atoms with Crippen molar-refractivity contribution in [3.8, 4) is 18.0 Å². The molecule has 1 aromatic carbocycles. The number of aryl methyl sites for hydroxylation is 2. The largest absolute Gasteiger partial charge is 0.443 e. The molecule has 0 saturated carbocycles. The zero-order valence-corrected chi connectivity index (χ0v) is 19.0. The third kappa shape index (κ3) is 3.34. The zero-order valence-electron chi connectivity index (χ0n) is 19.0. The standard InChI is InChI=1S/C25H24N6O/c1-14-9-18(16(3)31(14)25-21(13-27)15(2)17(4)32-25)10-19(12-26)24-28-22-8-7-20(30(5)6)11-23(22)29-24/h7-11H,1-6H3,(H,28,29). The van der Waals surface area contributed by atoms with Gasteiger partial charge in [-0.15, -0.1) is 0 Å². The van der Waals surface area contributed by atoms with Gasteiger partial charge in [0.05, 0.1) is 16.6 Å². The van der Waals surface area contributed by atoms with Gasteiger partial charge in [0.25, 0.3) is 0 Å². The number of imidazole rings is 1. The lowest BCUT2D eigenvalue weighted by Gasteiger charge is -2.11. The molecule has 4 rings (SSSR count). The van der Waals surface area contributed by atoms with E-state index in [0.29, 0.717) is 22.8 Å². The van der Waals surface area contributed by atoms with E-state index in [2.05, 4.69) is 22.1 Å². The molecule has 0 fully saturated rings. The van der Waals surface area contributed by atoms with Crippen molar-refractivity contribution in [1.82, 2.24) is 14.5 Å². The van der Waals surface area contributed by atoms with Gasteiger partial charge in [-0.3, -0.25) is 4.57 Å². The van der Waals surface area contributed by atoms with Gasteiger partial charge in [-0.2, -0.15) is 10.5 Å². The average Bonchev–Trinajstić information content (AvgIpc) is 3.39. The predicted molar refractivity (Wildman–Crippen MR) is 126 cm³/mol. The van der Waals surface area contributed by atoms with Crippen LogP contribution >= 0.6 is 0 Å². The summed E-state index contributed by atoms with van der Waals surface area (Å²) < 4.78 is 7.83. The van der Waals surface area contributed by atoms with Gasteiger partial charge in [-0.1, -0.05) is 0 Å². The minimum absolute atomic E-state index is 0.431. The fraction of sp³-hybridized carbons (Fsp3) is 0.240. The maximum Gasteiger partial charge on any atom is 0.222 e. The normalized spacial score (nSPS) is 11.6. The summed E-state index contributed by atoms with van der Waals surface area (Å²) in [5, 5.41) is 19.5. The lowest BCUT2D eigenvalue weighted by molar-refractivity contribution is 0.503. The summed E-state index contributed by atoms with van der Waals surface area (Å²) in [5.41, 5.74) is 7.18. The van der Waals surface area contributed by atoms with E-state index in [1.54, 1.807) is 0 Å². The molecule has 0 aliphatic rings. The second-order valence-electron chi connectivity index (χ2n) is 8.09. The lowest BCUT2D eigenvalue weighted by atomic mass is 10.1. The van der Waals surface area contributed by atoms with E-state index in [4.69, 9.17) is 4.42 Å². The van der Waals surface area contributed by atoms with Crippen LogP contribution in [-0.2, 0) is 0 Å². The number of allylic oxidation sites excluding steroid dienone is 1. The number of rotatable bonds is 4. The molecule has 0 amide bonds. The molecular weight excluding hydrogens is 400 g/mol. The Hall–Kier alpha value is -4.23. The Labute approximate surface area is 186 Å². The first kappa shape index (κ1) is 21.0. The second-order valence-corrected chi connectivity index (χ2v) is 8.09. The van der Waals surface area contributed by atoms with Crippen LogP contribution in [0.2, 0.25) is 0 Å². The molecule has 0 atom stereocenters. The summed E-state index contributed by atoms with van der Waals surface area (Å²) >= 11 is 0. The molecule has 0 bridgehead atoms. The van der Waals surface area contributed by atoms with Gasteiger partial charge in [0.15, 0.2) is 0 Å². The van der Waals surface area contributed by atoms with Crippen molar-refractivity contribution in [3.05, 3.63) is 63.9 Å². The first-order valence-corrected chi connectivity index (χ1v) is 10.2. The van der Waals surface area contributed by atoms with Gasteiger partial charge in [0.2, 0.25) is 5.88 Å². The van der Waals surface area contributed by atoms with Crippen molar-refractivity contribution >= 4 is 28.4 Å². The molecule has 4 aromatic rings. The molecule has 0 unspecified atom stereocenters. The SMILES string of the molecule is Cc1oc(-n2c(C)cc(C=C(C#N)c3nc4ccc(N(C)C)cc4[nH]3)c2C)c(C#N)c1C. The topological polar surface area (TPSA) is 97.6 Å². The van der Waals surface area contributed by atoms with Crippen LogP contribution in [0.1, 0.15) is 39.7 Å². The Kier molecular flexibility index (Phi) is 5.12. The summed E-state index contributed by atoms with van der Waals surface area (Å²) in [7, 11) is 3.96. The molecule has 160 valence electrons. The Morgan fingerprint density at radius 1 is 1.16 bits per heavy atom. The highest BCUT2D eigenvalue weighted by Gasteiger charge is 2.20. The average molecular weight is 425 g/mol. The van der Waals surface area contributed by atoms with E-state index in [0.717, 1.165) is 45.0 Å². The Morgan fingerprint density at radius 3 is 2.56 bits per heavy atom. The van der Waals surface area contributed by atoms with Crippen LogP contribution in [0.5, 0.6) is 0 Å². The number of aromatic amines is 1. The van der Waals surface area contributed by atoms with Crippen LogP contribution in [0, 0.1) is 50.4 Å². The molecule has 0 aliphatic carbocycles. The number of benzene rings is 1. The highest BCUT2D eigenvalue weighted by atomic mass is 16.4. The van der Waals surface area contributed by atoms with E-state index in [-0.39, 0.29) is 0 Å². The molecule has 1 N–H and O–H groups in total. The number of furan rings is 1. The monoisotopic (exact) mass is 424 g/mol. The van der Waals surface area contributed by atoms with Crippen LogP contribution in [0.25, 0.3) is 28.6 Å². The number of hydrogen-bond donors (Lipinski definition) is 1. The Morgan fingerprint density at radius 2 is 1.91 bits per heavy atom. The molecule has 32 heavy (non-hydrogen) atoms. The van der Waals surface area contributed by atoms with Gasteiger partial charge in [-0.25, -0.2) is 4.98 Å². The maximum absolute atomic E-state index is 9.86. The van der Waals surface area contributed by atoms with Crippen molar-refractivity contribution in [2.75, 3.05) is 19.0 Å². The highest BCUT2D eigenvalue weighted by molar-refractivity contribution is 5.91. The number of nitrogens with one attached hydrogen (secondary N) is 1. The van der Waals surface area contributed by atoms with Gasteiger partial charge in [0, 0.05) is 36.7 Å². The molecular formula is C25H24N6O. The van der Waals surface area contributed by atoms with Crippen LogP contribution in [0.15, 0.2) is 28.7 Å². The first-order valence-electron chi connectivity index (χ1n) is 10.2. The van der Waals surface area contributed by atoms with Gasteiger partial charge >= 0.3 is 0 Å². The Bertz CT molecular complexity index is 1460. The maximum atomic E-state index is 9.86. The fourth-order valence-corrected chi connectivity index (χ4v) is 3.86. The minimum Gasteiger partial charge on any atom is -0.443 e. The molecule has 0 radical (unpaired) electrons. The minimum atomic E-state index is 0.431. The van der Waals surface area contributed by atoms with Crippen molar-refractivity contribution < 1.29 is 4.42 Å². The zero-order chi connectivity index (χ0) is 23.2. The van der Waals surface area contributed by atoms with Crippen LogP contribution in [0.4, 0.5) is 5.69 Å². The van der Waals surface area contributed by atoms with E-state index < -0.39 is 0 Å². The van der Waals surface area contributed by atoms with E-state index in [1.807, 2.05) is 81.6 Å². The van der Waals surface area contributed by atoms with E-state index in [1.165, 1.54) is 0 Å². The predicted octanol–water partition coefficient (Wildman–Crippen LogP) is 5.18. The number of aromatic nitrogens is 3. The van der Waals surface area contributed by atoms with E-state index >= 15 is 0 Å². The number of hydrogen-bond acceptors (Lipinski definition) is 5. The van der Waals surface area contributed by atoms with Gasteiger partial charge < -0.3 is 14.3 Å². The van der Waals surface area contributed by atoms with Gasteiger partial charge in [0.1, 0.15) is 29.3 Å². The molecule has 0 saturated heterocycles. The number of nitriles is 2. The van der Waals surface area contributed by atoms with Crippen molar-refractivity contribution in [1.29, 1.82) is 10.5 Å². The van der Waals surface area contributed by atoms with E-state index in [9.17, 15) is 10.5 Å². The quantitative estimate of drug-likeness (QED) is 0.455. The summed E-state index contributed by atoms with van der Waals surface area (Å²) in [4.78, 5) is 9.89. The second kappa shape index (κ2) is 7.79. The molecule has 3 heterocycles. The van der Waals surface area contributed by atoms with Crippen LogP contribution < -0.4 is 4.90 Å². The summed E-state index contributed by atoms with van der Waals surface area (Å²) in [6, 6.07) is 12.4. The number of anilines is 1. The summed E-state index contributed by atoms with van der Waals surface area (Å²) in [6.45, 7) is 7.64. The van der Waals surface area contributed by atoms with Gasteiger partial charge in [-0.05, 0) is 63.6 Å². The smallest absolute Gasteiger partial charge is 0.222 e. The third-order valence-corrected chi connectivity index (χ3v) is 5.81. The van der Waals surface area contributed by atoms with Crippen LogP contribution in [-0.4, -0.2) is 28.6 Å². The Balaban J connectivity index is 1.81. The first-order chi connectivity index (χ1) is 15.2. The summed E-state index contributed by atoms with van der Waals surface area (Å²) in [6.07, 6.45) is 1.82. The molecule has 0 spiro atoms. The molecule has 3 aromatic heterocycles. The number of nitrogens with zero attached hydrogens (tertiary/aromatic N) is 5.